The van der Waals surface area contributed by atoms with Crippen molar-refractivity contribution in [2.75, 3.05) is 13.2 Å². The van der Waals surface area contributed by atoms with Gasteiger partial charge in [0, 0.05) is 6.61 Å². The van der Waals surface area contributed by atoms with Crippen LogP contribution in [0.3, 0.4) is 0 Å². The lowest BCUT2D eigenvalue weighted by Crippen LogP contribution is -2.40. The third kappa shape index (κ3) is 1.96. The molecule has 3 atom stereocenters. The van der Waals surface area contributed by atoms with Gasteiger partial charge in [-0.3, -0.25) is 10.1 Å². The zero-order valence-electron chi connectivity index (χ0n) is 10.5. The minimum absolute atomic E-state index is 0.0281. The molecule has 1 aromatic rings. The molecule has 0 bridgehead atoms. The van der Waals surface area contributed by atoms with Crippen LogP contribution in [0.5, 0.6) is 0 Å². The van der Waals surface area contributed by atoms with Crippen molar-refractivity contribution in [3.63, 3.8) is 0 Å². The summed E-state index contributed by atoms with van der Waals surface area (Å²) in [4.78, 5) is 14.4. The molecule has 0 saturated carbocycles. The molecule has 2 saturated heterocycles. The Bertz CT molecular complexity index is 415. The van der Waals surface area contributed by atoms with Crippen LogP contribution >= 0.6 is 11.3 Å². The molecule has 3 heterocycles. The molecular formula is C13H18N2O2S. The maximum atomic E-state index is 12.4. The summed E-state index contributed by atoms with van der Waals surface area (Å²) in [6.07, 6.45) is 1.81. The van der Waals surface area contributed by atoms with Gasteiger partial charge in [0.2, 0.25) is 5.91 Å². The van der Waals surface area contributed by atoms with E-state index < -0.39 is 0 Å². The van der Waals surface area contributed by atoms with Crippen molar-refractivity contribution in [2.24, 2.45) is 0 Å². The lowest BCUT2D eigenvalue weighted by Gasteiger charge is -2.28. The summed E-state index contributed by atoms with van der Waals surface area (Å²) in [6, 6.07) is 2.28. The number of nitrogens with one attached hydrogen (secondary N) is 1. The maximum Gasteiger partial charge on any atom is 0.241 e. The number of nitrogens with zero attached hydrogens (tertiary/aromatic N) is 1. The summed E-state index contributed by atoms with van der Waals surface area (Å²) in [5.74, 6) is 0.226. The number of hydrogen-bond acceptors (Lipinski definition) is 4. The second-order valence-electron chi connectivity index (χ2n) is 4.85. The first-order valence-corrected chi connectivity index (χ1v) is 7.43. The van der Waals surface area contributed by atoms with E-state index in [0.29, 0.717) is 6.61 Å². The second kappa shape index (κ2) is 4.99. The van der Waals surface area contributed by atoms with Crippen LogP contribution in [0, 0.1) is 0 Å². The molecule has 98 valence electrons. The fraction of sp³-hybridized carbons (Fsp3) is 0.615. The number of ether oxygens (including phenoxy) is 1. The number of hydrogen-bond donors (Lipinski definition) is 1. The molecular weight excluding hydrogens is 248 g/mol. The van der Waals surface area contributed by atoms with Crippen LogP contribution in [-0.2, 0) is 9.53 Å². The molecule has 0 aromatic carbocycles. The molecule has 4 nitrogen and oxygen atoms in total. The van der Waals surface area contributed by atoms with Gasteiger partial charge < -0.3 is 9.64 Å². The number of amides is 1. The minimum atomic E-state index is -0.0458. The zero-order chi connectivity index (χ0) is 12.5. The smallest absolute Gasteiger partial charge is 0.241 e. The van der Waals surface area contributed by atoms with E-state index in [2.05, 4.69) is 29.1 Å². The van der Waals surface area contributed by atoms with Crippen molar-refractivity contribution in [3.8, 4) is 0 Å². The molecule has 2 aliphatic rings. The summed E-state index contributed by atoms with van der Waals surface area (Å²) >= 11 is 1.67. The predicted octanol–water partition coefficient (Wildman–Crippen LogP) is 1.75. The van der Waals surface area contributed by atoms with E-state index in [1.807, 2.05) is 4.90 Å². The Labute approximate surface area is 111 Å². The van der Waals surface area contributed by atoms with E-state index in [9.17, 15) is 4.79 Å². The average molecular weight is 266 g/mol. The number of carbonyl (C=O) groups is 1. The van der Waals surface area contributed by atoms with E-state index in [-0.39, 0.29) is 24.2 Å². The van der Waals surface area contributed by atoms with E-state index >= 15 is 0 Å². The highest BCUT2D eigenvalue weighted by Gasteiger charge is 2.43. The van der Waals surface area contributed by atoms with Gasteiger partial charge in [-0.15, -0.1) is 0 Å². The first-order chi connectivity index (χ1) is 8.81. The summed E-state index contributed by atoms with van der Waals surface area (Å²) in [6.45, 7) is 3.49. The van der Waals surface area contributed by atoms with Crippen molar-refractivity contribution in [3.05, 3.63) is 22.4 Å². The van der Waals surface area contributed by atoms with Crippen LogP contribution in [0.15, 0.2) is 16.8 Å². The maximum absolute atomic E-state index is 12.4. The monoisotopic (exact) mass is 266 g/mol. The van der Waals surface area contributed by atoms with Gasteiger partial charge >= 0.3 is 0 Å². The van der Waals surface area contributed by atoms with Gasteiger partial charge in [-0.05, 0) is 35.2 Å². The van der Waals surface area contributed by atoms with E-state index in [0.717, 1.165) is 19.4 Å². The molecule has 5 heteroatoms. The standard InChI is InChI=1S/C13H18N2O2S/c1-2-11-13(16)15(10-3-5-17-7-10)12(14-11)9-4-6-18-8-9/h4,6,8,10-12,14H,2-3,5,7H2,1H3. The Kier molecular flexibility index (Phi) is 3.37. The van der Waals surface area contributed by atoms with Crippen LogP contribution in [0.2, 0.25) is 0 Å². The summed E-state index contributed by atoms with van der Waals surface area (Å²) < 4.78 is 5.43. The lowest BCUT2D eigenvalue weighted by molar-refractivity contribution is -0.132. The number of carbonyl (C=O) groups excluding carboxylic acids is 1. The Hall–Kier alpha value is -0.910. The van der Waals surface area contributed by atoms with Gasteiger partial charge in [0.15, 0.2) is 0 Å². The molecule has 0 spiro atoms. The Morgan fingerprint density at radius 1 is 1.61 bits per heavy atom. The van der Waals surface area contributed by atoms with Crippen molar-refractivity contribution in [1.29, 1.82) is 0 Å². The normalized spacial score (nSPS) is 32.4. The first kappa shape index (κ1) is 12.1. The first-order valence-electron chi connectivity index (χ1n) is 6.49. The van der Waals surface area contributed by atoms with Crippen LogP contribution in [-0.4, -0.2) is 36.1 Å². The Morgan fingerprint density at radius 3 is 3.11 bits per heavy atom. The molecule has 1 amide bonds. The van der Waals surface area contributed by atoms with Gasteiger partial charge in [0.1, 0.15) is 6.17 Å². The van der Waals surface area contributed by atoms with Crippen molar-refractivity contribution in [2.45, 2.75) is 38.0 Å². The third-order valence-electron chi connectivity index (χ3n) is 3.76. The fourth-order valence-corrected chi connectivity index (χ4v) is 3.44. The molecule has 0 radical (unpaired) electrons. The van der Waals surface area contributed by atoms with Gasteiger partial charge in [-0.2, -0.15) is 11.3 Å². The SMILES string of the molecule is CCC1NC(c2ccsc2)N(C2CCOC2)C1=O. The van der Waals surface area contributed by atoms with Crippen LogP contribution in [0.1, 0.15) is 31.5 Å². The highest BCUT2D eigenvalue weighted by molar-refractivity contribution is 7.07. The van der Waals surface area contributed by atoms with Crippen molar-refractivity contribution in [1.82, 2.24) is 10.2 Å². The molecule has 1 N–H and O–H groups in total. The van der Waals surface area contributed by atoms with E-state index in [1.54, 1.807) is 11.3 Å². The molecule has 1 aromatic heterocycles. The van der Waals surface area contributed by atoms with Crippen LogP contribution < -0.4 is 5.32 Å². The molecule has 18 heavy (non-hydrogen) atoms. The highest BCUT2D eigenvalue weighted by Crippen LogP contribution is 2.32. The minimum Gasteiger partial charge on any atom is -0.379 e. The highest BCUT2D eigenvalue weighted by atomic mass is 32.1. The molecule has 0 aliphatic carbocycles. The van der Waals surface area contributed by atoms with Crippen molar-refractivity contribution >= 4 is 17.2 Å². The molecule has 3 unspecified atom stereocenters. The van der Waals surface area contributed by atoms with Gasteiger partial charge in [0.05, 0.1) is 18.7 Å². The summed E-state index contributed by atoms with van der Waals surface area (Å²) in [7, 11) is 0. The van der Waals surface area contributed by atoms with E-state index in [4.69, 9.17) is 4.74 Å². The topological polar surface area (TPSA) is 41.6 Å². The average Bonchev–Trinajstić information content (AvgIpc) is 3.08. The van der Waals surface area contributed by atoms with Gasteiger partial charge in [-0.1, -0.05) is 6.92 Å². The van der Waals surface area contributed by atoms with Crippen LogP contribution in [0.4, 0.5) is 0 Å². The van der Waals surface area contributed by atoms with Gasteiger partial charge in [0.25, 0.3) is 0 Å². The van der Waals surface area contributed by atoms with E-state index in [1.165, 1.54) is 5.56 Å². The predicted molar refractivity (Wildman–Crippen MR) is 70.3 cm³/mol. The molecule has 3 rings (SSSR count). The molecule has 2 fully saturated rings. The lowest BCUT2D eigenvalue weighted by atomic mass is 10.1. The number of thiophene rings is 1. The Morgan fingerprint density at radius 2 is 2.50 bits per heavy atom. The Balaban J connectivity index is 1.88. The second-order valence-corrected chi connectivity index (χ2v) is 5.63. The third-order valence-corrected chi connectivity index (χ3v) is 4.46. The largest absolute Gasteiger partial charge is 0.379 e. The van der Waals surface area contributed by atoms with Crippen molar-refractivity contribution < 1.29 is 9.53 Å². The zero-order valence-corrected chi connectivity index (χ0v) is 11.3. The fourth-order valence-electron chi connectivity index (χ4n) is 2.76. The number of rotatable bonds is 3. The molecule has 2 aliphatic heterocycles. The van der Waals surface area contributed by atoms with Crippen LogP contribution in [0.25, 0.3) is 0 Å². The summed E-state index contributed by atoms with van der Waals surface area (Å²) in [5, 5.41) is 7.62. The summed E-state index contributed by atoms with van der Waals surface area (Å²) in [5.41, 5.74) is 1.19. The van der Waals surface area contributed by atoms with Gasteiger partial charge in [-0.25, -0.2) is 0 Å². The quantitative estimate of drug-likeness (QED) is 0.906.